The quantitative estimate of drug-likeness (QED) is 0.419. The zero-order valence-electron chi connectivity index (χ0n) is 16.8. The van der Waals surface area contributed by atoms with Crippen LogP contribution in [0.15, 0.2) is 52.3 Å². The summed E-state index contributed by atoms with van der Waals surface area (Å²) in [6.07, 6.45) is 3.87. The molecule has 30 heavy (non-hydrogen) atoms. The molecule has 0 spiro atoms. The second kappa shape index (κ2) is 10.9. The molecule has 1 saturated heterocycles. The van der Waals surface area contributed by atoms with E-state index in [4.69, 9.17) is 11.6 Å². The summed E-state index contributed by atoms with van der Waals surface area (Å²) in [6, 6.07) is 12.4. The molecule has 162 valence electrons. The molecule has 2 aromatic carbocycles. The maximum atomic E-state index is 12.9. The third kappa shape index (κ3) is 5.95. The molecule has 0 saturated carbocycles. The third-order valence-corrected chi connectivity index (χ3v) is 8.49. The lowest BCUT2D eigenvalue weighted by Crippen LogP contribution is -2.29. The minimum absolute atomic E-state index is 0.0933. The predicted octanol–water partition coefficient (Wildman–Crippen LogP) is 4.51. The summed E-state index contributed by atoms with van der Waals surface area (Å²) in [7, 11) is -3.69. The van der Waals surface area contributed by atoms with Gasteiger partial charge < -0.3 is 4.90 Å². The highest BCUT2D eigenvalue weighted by Crippen LogP contribution is 2.26. The molecule has 1 aliphatic heterocycles. The van der Waals surface area contributed by atoms with Gasteiger partial charge in [-0.1, -0.05) is 29.8 Å². The predicted molar refractivity (Wildman–Crippen MR) is 126 cm³/mol. The van der Waals surface area contributed by atoms with Crippen LogP contribution >= 0.6 is 35.1 Å². The van der Waals surface area contributed by atoms with Crippen molar-refractivity contribution in [3.8, 4) is 0 Å². The first kappa shape index (κ1) is 23.5. The van der Waals surface area contributed by atoms with E-state index >= 15 is 0 Å². The van der Waals surface area contributed by atoms with Gasteiger partial charge in [-0.2, -0.15) is 11.8 Å². The molecule has 1 N–H and O–H groups in total. The second-order valence-corrected chi connectivity index (χ2v) is 11.0. The molecular formula is C21H25ClN2O3S3. The molecule has 0 atom stereocenters. The molecule has 1 amide bonds. The van der Waals surface area contributed by atoms with Crippen molar-refractivity contribution >= 4 is 51.1 Å². The van der Waals surface area contributed by atoms with Crippen LogP contribution in [0.5, 0.6) is 0 Å². The van der Waals surface area contributed by atoms with E-state index in [1.54, 1.807) is 28.8 Å². The molecule has 0 aliphatic carbocycles. The lowest BCUT2D eigenvalue weighted by molar-refractivity contribution is 0.0789. The molecule has 5 nitrogen and oxygen atoms in total. The van der Waals surface area contributed by atoms with E-state index in [9.17, 15) is 13.2 Å². The molecule has 0 aromatic heterocycles. The number of rotatable bonds is 9. The number of thioether (sulfide) groups is 2. The first-order chi connectivity index (χ1) is 14.4. The van der Waals surface area contributed by atoms with E-state index in [1.165, 1.54) is 17.8 Å². The van der Waals surface area contributed by atoms with Gasteiger partial charge in [-0.05, 0) is 48.9 Å². The summed E-state index contributed by atoms with van der Waals surface area (Å²) < 4.78 is 28.1. The number of carbonyl (C=O) groups is 1. The summed E-state index contributed by atoms with van der Waals surface area (Å²) >= 11 is 9.20. The molecule has 3 rings (SSSR count). The molecule has 1 heterocycles. The zero-order valence-corrected chi connectivity index (χ0v) is 20.0. The molecule has 1 aliphatic rings. The van der Waals surface area contributed by atoms with Gasteiger partial charge in [-0.3, -0.25) is 4.79 Å². The van der Waals surface area contributed by atoms with E-state index in [0.29, 0.717) is 17.9 Å². The monoisotopic (exact) mass is 484 g/mol. The molecule has 0 unspecified atom stereocenters. The minimum Gasteiger partial charge on any atom is -0.339 e. The van der Waals surface area contributed by atoms with Crippen LogP contribution in [0.25, 0.3) is 0 Å². The van der Waals surface area contributed by atoms with E-state index in [1.807, 2.05) is 30.5 Å². The van der Waals surface area contributed by atoms with Gasteiger partial charge in [-0.15, -0.1) is 11.8 Å². The largest absolute Gasteiger partial charge is 0.339 e. The van der Waals surface area contributed by atoms with Crippen LogP contribution in [0.2, 0.25) is 5.02 Å². The molecule has 0 bridgehead atoms. The van der Waals surface area contributed by atoms with Crippen LogP contribution < -0.4 is 4.72 Å². The maximum Gasteiger partial charge on any atom is 0.255 e. The highest BCUT2D eigenvalue weighted by atomic mass is 35.5. The topological polar surface area (TPSA) is 66.5 Å². The Morgan fingerprint density at radius 3 is 2.60 bits per heavy atom. The number of hydrogen-bond acceptors (Lipinski definition) is 5. The third-order valence-electron chi connectivity index (χ3n) is 4.86. The Balaban J connectivity index is 1.61. The van der Waals surface area contributed by atoms with Crippen molar-refractivity contribution < 1.29 is 13.2 Å². The fourth-order valence-corrected chi connectivity index (χ4v) is 6.14. The SMILES string of the molecule is CSc1ccc(S(=O)(=O)NCCSCc2ccccc2Cl)cc1C(=O)N1CCCC1. The van der Waals surface area contributed by atoms with Gasteiger partial charge in [-0.25, -0.2) is 13.1 Å². The number of sulfonamides is 1. The highest BCUT2D eigenvalue weighted by molar-refractivity contribution is 7.98. The number of amides is 1. The van der Waals surface area contributed by atoms with E-state index in [-0.39, 0.29) is 10.8 Å². The van der Waals surface area contributed by atoms with Crippen molar-refractivity contribution in [1.82, 2.24) is 9.62 Å². The van der Waals surface area contributed by atoms with Crippen molar-refractivity contribution in [2.75, 3.05) is 31.6 Å². The Morgan fingerprint density at radius 1 is 1.17 bits per heavy atom. The summed E-state index contributed by atoms with van der Waals surface area (Å²) in [5.41, 5.74) is 1.49. The Bertz CT molecular complexity index is 993. The molecular weight excluding hydrogens is 460 g/mol. The van der Waals surface area contributed by atoms with Crippen molar-refractivity contribution in [3.05, 3.63) is 58.6 Å². The fourth-order valence-electron chi connectivity index (χ4n) is 3.24. The van der Waals surface area contributed by atoms with E-state index in [0.717, 1.165) is 47.2 Å². The van der Waals surface area contributed by atoms with E-state index in [2.05, 4.69) is 4.72 Å². The Morgan fingerprint density at radius 2 is 1.90 bits per heavy atom. The second-order valence-electron chi connectivity index (χ2n) is 6.90. The van der Waals surface area contributed by atoms with Crippen LogP contribution in [0.3, 0.4) is 0 Å². The summed E-state index contributed by atoms with van der Waals surface area (Å²) in [4.78, 5) is 15.6. The van der Waals surface area contributed by atoms with Crippen LogP contribution in [0.4, 0.5) is 0 Å². The van der Waals surface area contributed by atoms with Gasteiger partial charge in [0.15, 0.2) is 0 Å². The highest BCUT2D eigenvalue weighted by Gasteiger charge is 2.24. The number of halogens is 1. The lowest BCUT2D eigenvalue weighted by atomic mass is 10.2. The van der Waals surface area contributed by atoms with Gasteiger partial charge in [0.05, 0.1) is 10.5 Å². The molecule has 0 radical (unpaired) electrons. The molecule has 1 fully saturated rings. The van der Waals surface area contributed by atoms with Crippen LogP contribution in [0.1, 0.15) is 28.8 Å². The van der Waals surface area contributed by atoms with Crippen LogP contribution in [-0.2, 0) is 15.8 Å². The molecule has 9 heteroatoms. The standard InChI is InChI=1S/C21H25ClN2O3S3/c1-28-20-9-8-17(14-18(20)21(25)24-11-4-5-12-24)30(26,27)23-10-13-29-15-16-6-2-3-7-19(16)22/h2-3,6-9,14,23H,4-5,10-13,15H2,1H3. The number of benzene rings is 2. The summed E-state index contributed by atoms with van der Waals surface area (Å²) in [5.74, 6) is 1.25. The first-order valence-corrected chi connectivity index (χ1v) is 13.9. The van der Waals surface area contributed by atoms with E-state index < -0.39 is 10.0 Å². The summed E-state index contributed by atoms with van der Waals surface area (Å²) in [5, 5.41) is 0.717. The number of nitrogens with zero attached hydrogens (tertiary/aromatic N) is 1. The smallest absolute Gasteiger partial charge is 0.255 e. The van der Waals surface area contributed by atoms with Crippen LogP contribution in [-0.4, -0.2) is 50.9 Å². The molecule has 2 aromatic rings. The number of hydrogen-bond donors (Lipinski definition) is 1. The maximum absolute atomic E-state index is 12.9. The minimum atomic E-state index is -3.69. The fraction of sp³-hybridized carbons (Fsp3) is 0.381. The number of likely N-dealkylation sites (tertiary alicyclic amines) is 1. The van der Waals surface area contributed by atoms with Gasteiger partial charge in [0.25, 0.3) is 5.91 Å². The first-order valence-electron chi connectivity index (χ1n) is 9.70. The van der Waals surface area contributed by atoms with Crippen molar-refractivity contribution in [3.63, 3.8) is 0 Å². The Labute approximate surface area is 192 Å². The van der Waals surface area contributed by atoms with Crippen molar-refractivity contribution in [2.45, 2.75) is 28.4 Å². The average molecular weight is 485 g/mol. The van der Waals surface area contributed by atoms with Gasteiger partial charge in [0.2, 0.25) is 10.0 Å². The lowest BCUT2D eigenvalue weighted by Gasteiger charge is -2.18. The van der Waals surface area contributed by atoms with Gasteiger partial charge >= 0.3 is 0 Å². The van der Waals surface area contributed by atoms with Crippen molar-refractivity contribution in [1.29, 1.82) is 0 Å². The number of nitrogens with one attached hydrogen (secondary N) is 1. The van der Waals surface area contributed by atoms with Crippen LogP contribution in [0, 0.1) is 0 Å². The Hall–Kier alpha value is -1.19. The van der Waals surface area contributed by atoms with Gasteiger partial charge in [0.1, 0.15) is 0 Å². The number of carbonyl (C=O) groups excluding carboxylic acids is 1. The average Bonchev–Trinajstić information content (AvgIpc) is 3.28. The summed E-state index contributed by atoms with van der Waals surface area (Å²) in [6.45, 7) is 1.76. The van der Waals surface area contributed by atoms with Gasteiger partial charge in [0, 0.05) is 41.1 Å². The Kier molecular flexibility index (Phi) is 8.53. The van der Waals surface area contributed by atoms with Crippen molar-refractivity contribution in [2.24, 2.45) is 0 Å². The normalized spacial score (nSPS) is 14.3. The zero-order chi connectivity index (χ0) is 21.6.